The minimum absolute atomic E-state index is 0.000178. The maximum absolute atomic E-state index is 14.0. The summed E-state index contributed by atoms with van der Waals surface area (Å²) >= 11 is 12.1. The molecule has 0 aliphatic heterocycles. The van der Waals surface area contributed by atoms with Gasteiger partial charge in [-0.1, -0.05) is 67.7 Å². The van der Waals surface area contributed by atoms with Crippen LogP contribution in [-0.2, 0) is 26.2 Å². The predicted molar refractivity (Wildman–Crippen MR) is 161 cm³/mol. The van der Waals surface area contributed by atoms with Crippen LogP contribution in [-0.4, -0.2) is 44.3 Å². The Bertz CT molecular complexity index is 1400. The van der Waals surface area contributed by atoms with Gasteiger partial charge in [0.25, 0.3) is 10.0 Å². The van der Waals surface area contributed by atoms with Crippen LogP contribution in [0.1, 0.15) is 44.2 Å². The standard InChI is InChI=1S/C30H35Cl2N3O4S/c1-4-6-18-33-30(37)28(5-2)34(20-23-10-12-24(31)13-11-23)29(36)21-35(26-9-7-8-22(3)19-26)40(38,39)27-16-14-25(32)15-17-27/h7-17,19,28H,4-6,18,20-21H2,1-3H3,(H,33,37). The molecule has 2 amide bonds. The molecule has 1 atom stereocenters. The highest BCUT2D eigenvalue weighted by Crippen LogP contribution is 2.26. The highest BCUT2D eigenvalue weighted by molar-refractivity contribution is 7.92. The van der Waals surface area contributed by atoms with Crippen molar-refractivity contribution in [2.45, 2.75) is 57.5 Å². The Hall–Kier alpha value is -3.07. The number of hydrogen-bond donors (Lipinski definition) is 1. The number of sulfonamides is 1. The first kappa shape index (κ1) is 31.5. The largest absolute Gasteiger partial charge is 0.354 e. The Morgan fingerprint density at radius 2 is 1.55 bits per heavy atom. The molecule has 7 nitrogen and oxygen atoms in total. The Morgan fingerprint density at radius 1 is 0.925 bits per heavy atom. The van der Waals surface area contributed by atoms with E-state index in [1.54, 1.807) is 42.5 Å². The molecule has 0 fully saturated rings. The lowest BCUT2D eigenvalue weighted by atomic mass is 10.1. The average molecular weight is 605 g/mol. The Labute approximate surface area is 247 Å². The highest BCUT2D eigenvalue weighted by Gasteiger charge is 2.33. The number of amides is 2. The first-order valence-electron chi connectivity index (χ1n) is 13.2. The quantitative estimate of drug-likeness (QED) is 0.235. The van der Waals surface area contributed by atoms with Crippen molar-refractivity contribution in [3.63, 3.8) is 0 Å². The molecule has 0 aliphatic carbocycles. The number of carbonyl (C=O) groups excluding carboxylic acids is 2. The molecule has 0 aromatic heterocycles. The molecule has 0 bridgehead atoms. The van der Waals surface area contributed by atoms with E-state index in [2.05, 4.69) is 5.32 Å². The molecule has 3 aromatic carbocycles. The molecular formula is C30H35Cl2N3O4S. The third-order valence-electron chi connectivity index (χ3n) is 6.45. The molecule has 0 aliphatic rings. The fourth-order valence-electron chi connectivity index (χ4n) is 4.26. The molecule has 0 saturated heterocycles. The SMILES string of the molecule is CCCCNC(=O)C(CC)N(Cc1ccc(Cl)cc1)C(=O)CN(c1cccc(C)c1)S(=O)(=O)c1ccc(Cl)cc1. The van der Waals surface area contributed by atoms with Crippen LogP contribution in [0.15, 0.2) is 77.7 Å². The molecule has 0 saturated carbocycles. The predicted octanol–water partition coefficient (Wildman–Crippen LogP) is 6.22. The molecular weight excluding hydrogens is 569 g/mol. The van der Waals surface area contributed by atoms with Crippen molar-refractivity contribution >= 4 is 50.7 Å². The zero-order chi connectivity index (χ0) is 29.3. The number of nitrogens with zero attached hydrogens (tertiary/aromatic N) is 2. The summed E-state index contributed by atoms with van der Waals surface area (Å²) in [7, 11) is -4.16. The van der Waals surface area contributed by atoms with Gasteiger partial charge in [0, 0.05) is 23.1 Å². The molecule has 0 heterocycles. The first-order valence-corrected chi connectivity index (χ1v) is 15.4. The highest BCUT2D eigenvalue weighted by atomic mass is 35.5. The number of hydrogen-bond acceptors (Lipinski definition) is 4. The van der Waals surface area contributed by atoms with Crippen molar-refractivity contribution in [2.24, 2.45) is 0 Å². The third kappa shape index (κ3) is 8.22. The smallest absolute Gasteiger partial charge is 0.264 e. The lowest BCUT2D eigenvalue weighted by Gasteiger charge is -2.33. The van der Waals surface area contributed by atoms with Crippen molar-refractivity contribution in [2.75, 3.05) is 17.4 Å². The van der Waals surface area contributed by atoms with Crippen LogP contribution in [0.3, 0.4) is 0 Å². The van der Waals surface area contributed by atoms with Crippen molar-refractivity contribution in [3.05, 3.63) is 94.0 Å². The Morgan fingerprint density at radius 3 is 2.12 bits per heavy atom. The number of benzene rings is 3. The number of rotatable bonds is 13. The van der Waals surface area contributed by atoms with Crippen molar-refractivity contribution < 1.29 is 18.0 Å². The number of halogens is 2. The van der Waals surface area contributed by atoms with Gasteiger partial charge in [0.05, 0.1) is 10.6 Å². The van der Waals surface area contributed by atoms with Crippen LogP contribution in [0.25, 0.3) is 0 Å². The van der Waals surface area contributed by atoms with Gasteiger partial charge in [-0.25, -0.2) is 8.42 Å². The summed E-state index contributed by atoms with van der Waals surface area (Å²) in [6.45, 7) is 5.81. The normalized spacial score (nSPS) is 12.0. The minimum Gasteiger partial charge on any atom is -0.354 e. The summed E-state index contributed by atoms with van der Waals surface area (Å²) in [6, 6.07) is 18.9. The fourth-order valence-corrected chi connectivity index (χ4v) is 5.92. The second-order valence-electron chi connectivity index (χ2n) is 9.52. The maximum atomic E-state index is 14.0. The van der Waals surface area contributed by atoms with E-state index in [1.165, 1.54) is 29.2 Å². The summed E-state index contributed by atoms with van der Waals surface area (Å²) in [5.74, 6) is -0.785. The number of nitrogens with one attached hydrogen (secondary N) is 1. The van der Waals surface area contributed by atoms with Gasteiger partial charge >= 0.3 is 0 Å². The summed E-state index contributed by atoms with van der Waals surface area (Å²) in [5, 5.41) is 3.86. The molecule has 40 heavy (non-hydrogen) atoms. The van der Waals surface area contributed by atoms with Gasteiger partial charge < -0.3 is 10.2 Å². The number of aryl methyl sites for hydroxylation is 1. The van der Waals surface area contributed by atoms with Crippen molar-refractivity contribution in [1.82, 2.24) is 10.2 Å². The second kappa shape index (κ2) is 14.5. The van der Waals surface area contributed by atoms with Crippen LogP contribution in [0.5, 0.6) is 0 Å². The summed E-state index contributed by atoms with van der Waals surface area (Å²) in [5.41, 5.74) is 1.94. The zero-order valence-electron chi connectivity index (χ0n) is 22.9. The first-order chi connectivity index (χ1) is 19.1. The van der Waals surface area contributed by atoms with Gasteiger partial charge in [-0.15, -0.1) is 0 Å². The van der Waals surface area contributed by atoms with Gasteiger partial charge in [0.2, 0.25) is 11.8 Å². The Kier molecular flexibility index (Phi) is 11.4. The van der Waals surface area contributed by atoms with E-state index in [-0.39, 0.29) is 17.3 Å². The van der Waals surface area contributed by atoms with Crippen LogP contribution in [0.4, 0.5) is 5.69 Å². The lowest BCUT2D eigenvalue weighted by Crippen LogP contribution is -2.52. The van der Waals surface area contributed by atoms with Gasteiger partial charge in [0.1, 0.15) is 12.6 Å². The van der Waals surface area contributed by atoms with Crippen LogP contribution < -0.4 is 9.62 Å². The molecule has 0 spiro atoms. The van der Waals surface area contributed by atoms with Crippen molar-refractivity contribution in [3.8, 4) is 0 Å². The van der Waals surface area contributed by atoms with E-state index in [9.17, 15) is 18.0 Å². The number of unbranched alkanes of at least 4 members (excludes halogenated alkanes) is 1. The number of carbonyl (C=O) groups is 2. The molecule has 3 rings (SSSR count). The van der Waals surface area contributed by atoms with Gasteiger partial charge in [-0.05, 0) is 79.4 Å². The Balaban J connectivity index is 2.03. The van der Waals surface area contributed by atoms with E-state index in [0.29, 0.717) is 28.7 Å². The lowest BCUT2D eigenvalue weighted by molar-refractivity contribution is -0.140. The van der Waals surface area contributed by atoms with E-state index >= 15 is 0 Å². The third-order valence-corrected chi connectivity index (χ3v) is 8.74. The molecule has 1 unspecified atom stereocenters. The van der Waals surface area contributed by atoms with E-state index in [1.807, 2.05) is 26.8 Å². The summed E-state index contributed by atoms with van der Waals surface area (Å²) < 4.78 is 28.8. The van der Waals surface area contributed by atoms with Crippen LogP contribution in [0.2, 0.25) is 10.0 Å². The minimum atomic E-state index is -4.16. The monoisotopic (exact) mass is 603 g/mol. The van der Waals surface area contributed by atoms with Crippen molar-refractivity contribution in [1.29, 1.82) is 0 Å². The molecule has 10 heteroatoms. The topological polar surface area (TPSA) is 86.8 Å². The average Bonchev–Trinajstić information content (AvgIpc) is 2.93. The molecule has 0 radical (unpaired) electrons. The van der Waals surface area contributed by atoms with Gasteiger partial charge in [-0.2, -0.15) is 0 Å². The van der Waals surface area contributed by atoms with Gasteiger partial charge in [0.15, 0.2) is 0 Å². The van der Waals surface area contributed by atoms with E-state index in [0.717, 1.165) is 28.3 Å². The number of anilines is 1. The maximum Gasteiger partial charge on any atom is 0.264 e. The summed E-state index contributed by atoms with van der Waals surface area (Å²) in [6.07, 6.45) is 2.08. The van der Waals surface area contributed by atoms with E-state index < -0.39 is 28.5 Å². The van der Waals surface area contributed by atoms with Crippen LogP contribution in [0, 0.1) is 6.92 Å². The zero-order valence-corrected chi connectivity index (χ0v) is 25.3. The second-order valence-corrected chi connectivity index (χ2v) is 12.3. The fraction of sp³-hybridized carbons (Fsp3) is 0.333. The van der Waals surface area contributed by atoms with Gasteiger partial charge in [-0.3, -0.25) is 13.9 Å². The summed E-state index contributed by atoms with van der Waals surface area (Å²) in [4.78, 5) is 28.7. The molecule has 1 N–H and O–H groups in total. The van der Waals surface area contributed by atoms with E-state index in [4.69, 9.17) is 23.2 Å². The molecule has 3 aromatic rings. The molecule has 214 valence electrons. The van der Waals surface area contributed by atoms with Crippen LogP contribution >= 0.6 is 23.2 Å².